The Labute approximate surface area is 123 Å². The summed E-state index contributed by atoms with van der Waals surface area (Å²) in [6, 6.07) is 7.66. The topological polar surface area (TPSA) is 56.1 Å². The molecule has 0 spiro atoms. The first kappa shape index (κ1) is 13.7. The van der Waals surface area contributed by atoms with Gasteiger partial charge in [0.15, 0.2) is 0 Å². The monoisotopic (exact) mass is 285 g/mol. The average molecular weight is 285 g/mol. The van der Waals surface area contributed by atoms with Crippen molar-refractivity contribution in [2.24, 2.45) is 7.05 Å². The first-order chi connectivity index (χ1) is 10.2. The molecule has 0 saturated heterocycles. The molecule has 1 aromatic heterocycles. The Hall–Kier alpha value is -2.30. The van der Waals surface area contributed by atoms with E-state index < -0.39 is 0 Å². The summed E-state index contributed by atoms with van der Waals surface area (Å²) < 4.78 is 6.71. The van der Waals surface area contributed by atoms with Crippen molar-refractivity contribution in [3.05, 3.63) is 47.3 Å². The molecule has 3 rings (SSSR count). The summed E-state index contributed by atoms with van der Waals surface area (Å²) in [6.07, 6.45) is 5.23. The Morgan fingerprint density at radius 3 is 3.14 bits per heavy atom. The lowest BCUT2D eigenvalue weighted by atomic mass is 9.92. The largest absolute Gasteiger partial charge is 0.465 e. The van der Waals surface area contributed by atoms with Gasteiger partial charge in [0.25, 0.3) is 0 Å². The van der Waals surface area contributed by atoms with Gasteiger partial charge in [-0.3, -0.25) is 4.68 Å². The first-order valence-corrected chi connectivity index (χ1v) is 7.14. The third kappa shape index (κ3) is 2.63. The van der Waals surface area contributed by atoms with E-state index in [1.54, 1.807) is 6.07 Å². The maximum absolute atomic E-state index is 11.6. The number of esters is 1. The van der Waals surface area contributed by atoms with E-state index in [0.717, 1.165) is 24.9 Å². The van der Waals surface area contributed by atoms with Gasteiger partial charge in [-0.1, -0.05) is 6.07 Å². The third-order valence-electron chi connectivity index (χ3n) is 4.00. The summed E-state index contributed by atoms with van der Waals surface area (Å²) in [5, 5.41) is 7.86. The van der Waals surface area contributed by atoms with Crippen LogP contribution in [0, 0.1) is 0 Å². The predicted octanol–water partition coefficient (Wildman–Crippen LogP) is 2.70. The van der Waals surface area contributed by atoms with Gasteiger partial charge in [-0.15, -0.1) is 0 Å². The smallest absolute Gasteiger partial charge is 0.337 e. The predicted molar refractivity (Wildman–Crippen MR) is 80.3 cm³/mol. The third-order valence-corrected chi connectivity index (χ3v) is 4.00. The van der Waals surface area contributed by atoms with E-state index >= 15 is 0 Å². The van der Waals surface area contributed by atoms with Crippen LogP contribution in [0.3, 0.4) is 0 Å². The van der Waals surface area contributed by atoms with Crippen LogP contribution in [0.2, 0.25) is 0 Å². The van der Waals surface area contributed by atoms with Crippen LogP contribution in [0.5, 0.6) is 0 Å². The number of carbonyl (C=O) groups excluding carboxylic acids is 1. The van der Waals surface area contributed by atoms with Gasteiger partial charge >= 0.3 is 5.97 Å². The van der Waals surface area contributed by atoms with Crippen LogP contribution in [0.15, 0.2) is 30.5 Å². The van der Waals surface area contributed by atoms with Crippen molar-refractivity contribution in [3.8, 4) is 0 Å². The van der Waals surface area contributed by atoms with Crippen molar-refractivity contribution in [1.82, 2.24) is 9.78 Å². The molecule has 0 bridgehead atoms. The van der Waals surface area contributed by atoms with Crippen molar-refractivity contribution in [3.63, 3.8) is 0 Å². The highest BCUT2D eigenvalue weighted by atomic mass is 16.5. The van der Waals surface area contributed by atoms with Crippen LogP contribution in [-0.4, -0.2) is 22.9 Å². The Bertz CT molecular complexity index is 663. The molecule has 1 unspecified atom stereocenters. The number of nitrogens with zero attached hydrogens (tertiary/aromatic N) is 2. The molecular weight excluding hydrogens is 266 g/mol. The van der Waals surface area contributed by atoms with Crippen molar-refractivity contribution in [2.45, 2.75) is 25.3 Å². The van der Waals surface area contributed by atoms with Crippen molar-refractivity contribution >= 4 is 11.7 Å². The second-order valence-corrected chi connectivity index (χ2v) is 5.33. The molecule has 1 heterocycles. The maximum Gasteiger partial charge on any atom is 0.337 e. The van der Waals surface area contributed by atoms with Crippen molar-refractivity contribution < 1.29 is 9.53 Å². The normalized spacial score (nSPS) is 17.1. The number of anilines is 1. The zero-order valence-electron chi connectivity index (χ0n) is 12.3. The van der Waals surface area contributed by atoms with E-state index in [0.29, 0.717) is 5.56 Å². The highest BCUT2D eigenvalue weighted by Crippen LogP contribution is 2.32. The molecular formula is C16H19N3O2. The standard InChI is InChI=1S/C16H19N3O2/c1-19-15-8-4-7-14(13(15)10-17-19)18-12-6-3-5-11(9-12)16(20)21-2/h3,5-6,9-10,14,18H,4,7-8H2,1-2H3. The summed E-state index contributed by atoms with van der Waals surface area (Å²) in [5.41, 5.74) is 4.04. The Morgan fingerprint density at radius 1 is 1.48 bits per heavy atom. The lowest BCUT2D eigenvalue weighted by molar-refractivity contribution is 0.0601. The van der Waals surface area contributed by atoms with Gasteiger partial charge in [-0.2, -0.15) is 5.10 Å². The van der Waals surface area contributed by atoms with Crippen LogP contribution in [0.25, 0.3) is 0 Å². The number of fused-ring (bicyclic) bond motifs is 1. The van der Waals surface area contributed by atoms with Gasteiger partial charge in [0.05, 0.1) is 24.9 Å². The average Bonchev–Trinajstić information content (AvgIpc) is 2.89. The number of methoxy groups -OCH3 is 1. The molecule has 5 heteroatoms. The molecule has 1 atom stereocenters. The van der Waals surface area contributed by atoms with Gasteiger partial charge < -0.3 is 10.1 Å². The Morgan fingerprint density at radius 2 is 2.33 bits per heavy atom. The number of hydrogen-bond donors (Lipinski definition) is 1. The molecule has 1 aromatic carbocycles. The van der Waals surface area contributed by atoms with Crippen LogP contribution in [-0.2, 0) is 18.2 Å². The lowest BCUT2D eigenvalue weighted by Crippen LogP contribution is -2.18. The number of rotatable bonds is 3. The summed E-state index contributed by atoms with van der Waals surface area (Å²) in [6.45, 7) is 0. The number of ether oxygens (including phenoxy) is 1. The van der Waals surface area contributed by atoms with Gasteiger partial charge in [-0.05, 0) is 37.5 Å². The molecule has 0 aliphatic heterocycles. The SMILES string of the molecule is COC(=O)c1cccc(NC2CCCc3c2cnn3C)c1. The quantitative estimate of drug-likeness (QED) is 0.881. The number of aryl methyl sites for hydroxylation is 1. The van der Waals surface area contributed by atoms with E-state index in [9.17, 15) is 4.79 Å². The molecule has 2 aromatic rings. The van der Waals surface area contributed by atoms with Crippen molar-refractivity contribution in [1.29, 1.82) is 0 Å². The van der Waals surface area contributed by atoms with Gasteiger partial charge in [0, 0.05) is 24.0 Å². The number of nitrogens with one attached hydrogen (secondary N) is 1. The second kappa shape index (κ2) is 5.60. The summed E-state index contributed by atoms with van der Waals surface area (Å²) in [7, 11) is 3.38. The molecule has 1 N–H and O–H groups in total. The minimum Gasteiger partial charge on any atom is -0.465 e. The second-order valence-electron chi connectivity index (χ2n) is 5.33. The summed E-state index contributed by atoms with van der Waals surface area (Å²) in [4.78, 5) is 11.6. The lowest BCUT2D eigenvalue weighted by Gasteiger charge is -2.25. The number of benzene rings is 1. The van der Waals surface area contributed by atoms with E-state index in [2.05, 4.69) is 10.4 Å². The van der Waals surface area contributed by atoms with E-state index in [1.165, 1.54) is 18.4 Å². The molecule has 0 fully saturated rings. The van der Waals surface area contributed by atoms with E-state index in [4.69, 9.17) is 4.74 Å². The van der Waals surface area contributed by atoms with Gasteiger partial charge in [0.2, 0.25) is 0 Å². The zero-order valence-corrected chi connectivity index (χ0v) is 12.3. The fourth-order valence-electron chi connectivity index (χ4n) is 2.91. The molecule has 5 nitrogen and oxygen atoms in total. The molecule has 1 aliphatic rings. The minimum atomic E-state index is -0.315. The molecule has 110 valence electrons. The van der Waals surface area contributed by atoms with Gasteiger partial charge in [-0.25, -0.2) is 4.79 Å². The molecule has 1 aliphatic carbocycles. The zero-order chi connectivity index (χ0) is 14.8. The molecule has 0 radical (unpaired) electrons. The highest BCUT2D eigenvalue weighted by Gasteiger charge is 2.23. The fourth-order valence-corrected chi connectivity index (χ4v) is 2.91. The van der Waals surface area contributed by atoms with Crippen molar-refractivity contribution in [2.75, 3.05) is 12.4 Å². The Balaban J connectivity index is 1.83. The van der Waals surface area contributed by atoms with Crippen LogP contribution < -0.4 is 5.32 Å². The fraction of sp³-hybridized carbons (Fsp3) is 0.375. The van der Waals surface area contributed by atoms with Crippen LogP contribution in [0.1, 0.15) is 40.5 Å². The Kier molecular flexibility index (Phi) is 3.64. The minimum absolute atomic E-state index is 0.246. The first-order valence-electron chi connectivity index (χ1n) is 7.14. The number of aromatic nitrogens is 2. The summed E-state index contributed by atoms with van der Waals surface area (Å²) in [5.74, 6) is -0.315. The van der Waals surface area contributed by atoms with Crippen LogP contribution in [0.4, 0.5) is 5.69 Å². The summed E-state index contributed by atoms with van der Waals surface area (Å²) >= 11 is 0. The van der Waals surface area contributed by atoms with Crippen LogP contribution >= 0.6 is 0 Å². The molecule has 21 heavy (non-hydrogen) atoms. The van der Waals surface area contributed by atoms with Gasteiger partial charge in [0.1, 0.15) is 0 Å². The number of carbonyl (C=O) groups is 1. The molecule has 0 amide bonds. The molecule has 0 saturated carbocycles. The highest BCUT2D eigenvalue weighted by molar-refractivity contribution is 5.90. The van der Waals surface area contributed by atoms with E-state index in [-0.39, 0.29) is 12.0 Å². The number of hydrogen-bond acceptors (Lipinski definition) is 4. The van der Waals surface area contributed by atoms with E-state index in [1.807, 2.05) is 36.1 Å². The maximum atomic E-state index is 11.6.